The number of benzene rings is 2. The fourth-order valence-corrected chi connectivity index (χ4v) is 2.89. The van der Waals surface area contributed by atoms with Crippen molar-refractivity contribution in [3.8, 4) is 5.75 Å². The van der Waals surface area contributed by atoms with E-state index >= 15 is 0 Å². The number of ether oxygens (including phenoxy) is 1. The summed E-state index contributed by atoms with van der Waals surface area (Å²) in [6.45, 7) is 4.81. The van der Waals surface area contributed by atoms with Crippen LogP contribution in [0.1, 0.15) is 29.8 Å². The molecule has 1 amide bonds. The summed E-state index contributed by atoms with van der Waals surface area (Å²) in [7, 11) is 1.59. The molecule has 0 radical (unpaired) electrons. The maximum Gasteiger partial charge on any atom is 0.251 e. The van der Waals surface area contributed by atoms with Crippen molar-refractivity contribution in [3.05, 3.63) is 65.9 Å². The molecule has 0 aliphatic rings. The van der Waals surface area contributed by atoms with Gasteiger partial charge in [-0.1, -0.05) is 38.1 Å². The van der Waals surface area contributed by atoms with Crippen LogP contribution in [0.15, 0.2) is 54.7 Å². The van der Waals surface area contributed by atoms with Crippen LogP contribution in [0.2, 0.25) is 0 Å². The van der Waals surface area contributed by atoms with Crippen LogP contribution in [0.4, 0.5) is 0 Å². The second kappa shape index (κ2) is 6.40. The Morgan fingerprint density at radius 3 is 2.75 bits per heavy atom. The number of para-hydroxylation sites is 1. The lowest BCUT2D eigenvalue weighted by atomic mass is 9.84. The number of methoxy groups -OCH3 is 1. The van der Waals surface area contributed by atoms with Gasteiger partial charge in [0.2, 0.25) is 0 Å². The first kappa shape index (κ1) is 16.1. The zero-order valence-corrected chi connectivity index (χ0v) is 14.2. The Morgan fingerprint density at radius 2 is 1.96 bits per heavy atom. The molecular weight excluding hydrogens is 300 g/mol. The highest BCUT2D eigenvalue weighted by molar-refractivity contribution is 5.94. The number of nitrogens with one attached hydrogen (secondary N) is 2. The highest BCUT2D eigenvalue weighted by Gasteiger charge is 2.24. The monoisotopic (exact) mass is 322 g/mol. The molecule has 4 nitrogen and oxygen atoms in total. The molecule has 124 valence electrons. The van der Waals surface area contributed by atoms with Gasteiger partial charge in [0, 0.05) is 34.6 Å². The van der Waals surface area contributed by atoms with Gasteiger partial charge in [-0.15, -0.1) is 0 Å². The molecule has 0 unspecified atom stereocenters. The number of amides is 1. The smallest absolute Gasteiger partial charge is 0.251 e. The predicted molar refractivity (Wildman–Crippen MR) is 96.7 cm³/mol. The molecule has 0 atom stereocenters. The third kappa shape index (κ3) is 3.13. The zero-order chi connectivity index (χ0) is 17.2. The average molecular weight is 322 g/mol. The summed E-state index contributed by atoms with van der Waals surface area (Å²) < 4.78 is 5.17. The number of H-pyrrole nitrogens is 1. The third-order valence-corrected chi connectivity index (χ3v) is 4.34. The van der Waals surface area contributed by atoms with E-state index in [9.17, 15) is 4.79 Å². The summed E-state index contributed by atoms with van der Waals surface area (Å²) >= 11 is 0. The molecule has 0 saturated carbocycles. The second-order valence-electron chi connectivity index (χ2n) is 6.55. The zero-order valence-electron chi connectivity index (χ0n) is 14.2. The van der Waals surface area contributed by atoms with Gasteiger partial charge < -0.3 is 15.0 Å². The Hall–Kier alpha value is -2.75. The molecule has 2 aromatic carbocycles. The molecule has 24 heavy (non-hydrogen) atoms. The lowest BCUT2D eigenvalue weighted by Gasteiger charge is -2.25. The van der Waals surface area contributed by atoms with E-state index in [0.717, 1.165) is 5.52 Å². The van der Waals surface area contributed by atoms with Crippen molar-refractivity contribution in [2.75, 3.05) is 13.7 Å². The summed E-state index contributed by atoms with van der Waals surface area (Å²) in [4.78, 5) is 15.7. The molecule has 1 aromatic heterocycles. The second-order valence-corrected chi connectivity index (χ2v) is 6.55. The number of fused-ring (bicyclic) bond motifs is 1. The van der Waals surface area contributed by atoms with Crippen LogP contribution in [0.5, 0.6) is 5.75 Å². The molecule has 0 aliphatic carbocycles. The summed E-state index contributed by atoms with van der Waals surface area (Å²) in [6.07, 6.45) is 2.03. The Kier molecular flexibility index (Phi) is 4.30. The Balaban J connectivity index is 1.76. The van der Waals surface area contributed by atoms with E-state index in [0.29, 0.717) is 17.9 Å². The van der Waals surface area contributed by atoms with Crippen LogP contribution < -0.4 is 10.1 Å². The number of carbonyl (C=O) groups is 1. The first-order chi connectivity index (χ1) is 11.5. The molecule has 2 N–H and O–H groups in total. The minimum Gasteiger partial charge on any atom is -0.497 e. The normalized spacial score (nSPS) is 11.5. The van der Waals surface area contributed by atoms with Gasteiger partial charge in [0.25, 0.3) is 5.91 Å². The van der Waals surface area contributed by atoms with Crippen molar-refractivity contribution >= 4 is 16.8 Å². The largest absolute Gasteiger partial charge is 0.497 e. The van der Waals surface area contributed by atoms with E-state index in [4.69, 9.17) is 4.74 Å². The van der Waals surface area contributed by atoms with E-state index in [2.05, 4.69) is 36.3 Å². The average Bonchev–Trinajstić information content (AvgIpc) is 3.05. The standard InChI is InChI=1S/C20H22N2O2/c1-20(2,17-12-21-18-10-5-4-9-16(17)18)13-22-19(23)14-7-6-8-15(11-14)24-3/h4-12,21H,13H2,1-3H3,(H,22,23). The van der Waals surface area contributed by atoms with Gasteiger partial charge in [-0.25, -0.2) is 0 Å². The number of aromatic amines is 1. The van der Waals surface area contributed by atoms with Crippen LogP contribution >= 0.6 is 0 Å². The first-order valence-electron chi connectivity index (χ1n) is 8.00. The van der Waals surface area contributed by atoms with Gasteiger partial charge in [-0.05, 0) is 29.8 Å². The van der Waals surface area contributed by atoms with Crippen LogP contribution in [0, 0.1) is 0 Å². The number of hydrogen-bond acceptors (Lipinski definition) is 2. The summed E-state index contributed by atoms with van der Waals surface area (Å²) in [5.41, 5.74) is 2.72. The summed E-state index contributed by atoms with van der Waals surface area (Å²) in [5, 5.41) is 4.23. The van der Waals surface area contributed by atoms with E-state index in [1.165, 1.54) is 10.9 Å². The van der Waals surface area contributed by atoms with Gasteiger partial charge in [0.05, 0.1) is 7.11 Å². The van der Waals surface area contributed by atoms with Crippen molar-refractivity contribution in [3.63, 3.8) is 0 Å². The molecular formula is C20H22N2O2. The number of rotatable bonds is 5. The van der Waals surface area contributed by atoms with Gasteiger partial charge >= 0.3 is 0 Å². The fourth-order valence-electron chi connectivity index (χ4n) is 2.89. The molecule has 0 bridgehead atoms. The predicted octanol–water partition coefficient (Wildman–Crippen LogP) is 3.88. The number of hydrogen-bond donors (Lipinski definition) is 2. The minimum absolute atomic E-state index is 0.0955. The van der Waals surface area contributed by atoms with E-state index < -0.39 is 0 Å². The van der Waals surface area contributed by atoms with Crippen molar-refractivity contribution in [2.24, 2.45) is 0 Å². The van der Waals surface area contributed by atoms with Crippen LogP contribution in [0.3, 0.4) is 0 Å². The molecule has 3 rings (SSSR count). The van der Waals surface area contributed by atoms with Crippen molar-refractivity contribution in [2.45, 2.75) is 19.3 Å². The van der Waals surface area contributed by atoms with Gasteiger partial charge in [0.15, 0.2) is 0 Å². The van der Waals surface area contributed by atoms with Gasteiger partial charge in [-0.2, -0.15) is 0 Å². The van der Waals surface area contributed by atoms with E-state index in [1.807, 2.05) is 30.5 Å². The van der Waals surface area contributed by atoms with Gasteiger partial charge in [-0.3, -0.25) is 4.79 Å². The Labute approximate surface area is 141 Å². The lowest BCUT2D eigenvalue weighted by molar-refractivity contribution is 0.0945. The molecule has 3 aromatic rings. The lowest BCUT2D eigenvalue weighted by Crippen LogP contribution is -2.36. The first-order valence-corrected chi connectivity index (χ1v) is 8.00. The van der Waals surface area contributed by atoms with Crippen molar-refractivity contribution in [1.29, 1.82) is 0 Å². The summed E-state index contributed by atoms with van der Waals surface area (Å²) in [5.74, 6) is 0.584. The molecule has 4 heteroatoms. The van der Waals surface area contributed by atoms with E-state index in [1.54, 1.807) is 19.2 Å². The molecule has 0 fully saturated rings. The molecule has 0 spiro atoms. The van der Waals surface area contributed by atoms with Crippen LogP contribution in [0.25, 0.3) is 10.9 Å². The van der Waals surface area contributed by atoms with Crippen LogP contribution in [-0.4, -0.2) is 24.5 Å². The summed E-state index contributed by atoms with van der Waals surface area (Å²) in [6, 6.07) is 15.4. The van der Waals surface area contributed by atoms with E-state index in [-0.39, 0.29) is 11.3 Å². The topological polar surface area (TPSA) is 54.1 Å². The number of carbonyl (C=O) groups excluding carboxylic acids is 1. The molecule has 0 saturated heterocycles. The highest BCUT2D eigenvalue weighted by atomic mass is 16.5. The SMILES string of the molecule is COc1cccc(C(=O)NCC(C)(C)c2c[nH]c3ccccc23)c1. The Morgan fingerprint density at radius 1 is 1.17 bits per heavy atom. The fraction of sp³-hybridized carbons (Fsp3) is 0.250. The van der Waals surface area contributed by atoms with Crippen molar-refractivity contribution < 1.29 is 9.53 Å². The quantitative estimate of drug-likeness (QED) is 0.749. The maximum atomic E-state index is 12.4. The maximum absolute atomic E-state index is 12.4. The molecule has 1 heterocycles. The number of aromatic nitrogens is 1. The third-order valence-electron chi connectivity index (χ3n) is 4.34. The van der Waals surface area contributed by atoms with Crippen LogP contribution in [-0.2, 0) is 5.41 Å². The minimum atomic E-state index is -0.186. The Bertz CT molecular complexity index is 865. The van der Waals surface area contributed by atoms with Gasteiger partial charge in [0.1, 0.15) is 5.75 Å². The highest BCUT2D eigenvalue weighted by Crippen LogP contribution is 2.29. The van der Waals surface area contributed by atoms with Crippen molar-refractivity contribution in [1.82, 2.24) is 10.3 Å². The molecule has 0 aliphatic heterocycles.